The molecule has 1 N–H and O–H groups in total. The summed E-state index contributed by atoms with van der Waals surface area (Å²) in [7, 11) is 0. The van der Waals surface area contributed by atoms with Gasteiger partial charge in [0.1, 0.15) is 0 Å². The number of aromatic nitrogens is 1. The van der Waals surface area contributed by atoms with Crippen LogP contribution in [0.5, 0.6) is 5.88 Å². The van der Waals surface area contributed by atoms with E-state index in [1.165, 1.54) is 16.7 Å². The third-order valence-corrected chi connectivity index (χ3v) is 3.57. The molecule has 2 aromatic rings. The lowest BCUT2D eigenvalue weighted by molar-refractivity contribution is 0.284. The van der Waals surface area contributed by atoms with Crippen LogP contribution in [-0.2, 0) is 6.54 Å². The summed E-state index contributed by atoms with van der Waals surface area (Å²) in [4.78, 5) is 4.33. The molecule has 0 aliphatic carbocycles. The largest absolute Gasteiger partial charge is 0.477 e. The van der Waals surface area contributed by atoms with E-state index in [1.807, 2.05) is 6.20 Å². The first-order valence-electron chi connectivity index (χ1n) is 5.79. The van der Waals surface area contributed by atoms with Crippen molar-refractivity contribution in [3.8, 4) is 17.0 Å². The Hall–Kier alpha value is -1.39. The number of nitrogens with zero attached hydrogens (tertiary/aromatic N) is 1. The molecule has 88 valence electrons. The first-order chi connectivity index (χ1) is 8.45. The minimum Gasteiger partial charge on any atom is -0.477 e. The molecule has 0 aromatic carbocycles. The average molecular weight is 246 g/mol. The fourth-order valence-electron chi connectivity index (χ4n) is 2.04. The smallest absolute Gasteiger partial charge is 0.218 e. The molecule has 2 aromatic heterocycles. The first-order valence-corrected chi connectivity index (χ1v) is 6.73. The molecule has 0 saturated carbocycles. The Balaban J connectivity index is 2.07. The summed E-state index contributed by atoms with van der Waals surface area (Å²) in [5.74, 6) is 0.779. The summed E-state index contributed by atoms with van der Waals surface area (Å²) in [6, 6.07) is 4.20. The second kappa shape index (κ2) is 4.85. The van der Waals surface area contributed by atoms with Crippen molar-refractivity contribution >= 4 is 11.3 Å². The quantitative estimate of drug-likeness (QED) is 0.840. The van der Waals surface area contributed by atoms with Gasteiger partial charge < -0.3 is 10.1 Å². The Kier molecular flexibility index (Phi) is 3.07. The molecule has 17 heavy (non-hydrogen) atoms. The summed E-state index contributed by atoms with van der Waals surface area (Å²) in [5, 5.41) is 7.69. The average Bonchev–Trinajstić information content (AvgIpc) is 2.82. The van der Waals surface area contributed by atoms with Crippen molar-refractivity contribution in [2.75, 3.05) is 13.2 Å². The van der Waals surface area contributed by atoms with E-state index in [4.69, 9.17) is 4.74 Å². The normalized spacial score (nSPS) is 15.5. The summed E-state index contributed by atoms with van der Waals surface area (Å²) < 4.78 is 5.72. The highest BCUT2D eigenvalue weighted by Crippen LogP contribution is 2.30. The highest BCUT2D eigenvalue weighted by Gasteiger charge is 2.14. The molecule has 3 rings (SSSR count). The lowest BCUT2D eigenvalue weighted by atomic mass is 10.0. The van der Waals surface area contributed by atoms with Crippen molar-refractivity contribution in [2.24, 2.45) is 0 Å². The number of hydrogen-bond donors (Lipinski definition) is 1. The van der Waals surface area contributed by atoms with E-state index in [2.05, 4.69) is 33.2 Å². The van der Waals surface area contributed by atoms with Gasteiger partial charge in [0.15, 0.2) is 0 Å². The Morgan fingerprint density at radius 1 is 1.35 bits per heavy atom. The third-order valence-electron chi connectivity index (χ3n) is 2.89. The molecule has 1 aliphatic heterocycles. The van der Waals surface area contributed by atoms with Crippen LogP contribution >= 0.6 is 11.3 Å². The van der Waals surface area contributed by atoms with E-state index in [0.717, 1.165) is 32.0 Å². The van der Waals surface area contributed by atoms with E-state index in [1.54, 1.807) is 11.3 Å². The van der Waals surface area contributed by atoms with Crippen molar-refractivity contribution < 1.29 is 4.74 Å². The summed E-state index contributed by atoms with van der Waals surface area (Å²) in [6.45, 7) is 2.56. The number of rotatable bonds is 1. The number of fused-ring (bicyclic) bond motifs is 1. The van der Waals surface area contributed by atoms with Crippen molar-refractivity contribution in [2.45, 2.75) is 13.0 Å². The number of nitrogens with one attached hydrogen (secondary N) is 1. The van der Waals surface area contributed by atoms with Crippen LogP contribution in [0.25, 0.3) is 11.1 Å². The summed E-state index contributed by atoms with van der Waals surface area (Å²) in [5.41, 5.74) is 3.65. The Morgan fingerprint density at radius 2 is 2.35 bits per heavy atom. The standard InChI is InChI=1S/C13H14N2OS/c1-4-14-8-12-11(10-3-7-17-9-10)2-5-15-13(12)16-6-1/h2-3,5,7,9,14H,1,4,6,8H2. The Morgan fingerprint density at radius 3 is 3.24 bits per heavy atom. The molecule has 4 heteroatoms. The van der Waals surface area contributed by atoms with Gasteiger partial charge in [0.05, 0.1) is 6.61 Å². The lowest BCUT2D eigenvalue weighted by Crippen LogP contribution is -2.21. The SMILES string of the molecule is c1cc(-c2ccsc2)c2c(n1)OCCCNC2. The van der Waals surface area contributed by atoms with Crippen molar-refractivity contribution in [1.82, 2.24) is 10.3 Å². The maximum Gasteiger partial charge on any atom is 0.218 e. The molecule has 3 nitrogen and oxygen atoms in total. The van der Waals surface area contributed by atoms with Gasteiger partial charge in [-0.2, -0.15) is 11.3 Å². The van der Waals surface area contributed by atoms with Crippen LogP contribution < -0.4 is 10.1 Å². The maximum absolute atomic E-state index is 5.72. The van der Waals surface area contributed by atoms with E-state index in [-0.39, 0.29) is 0 Å². The third kappa shape index (κ3) is 2.18. The molecule has 0 spiro atoms. The maximum atomic E-state index is 5.72. The predicted octanol–water partition coefficient (Wildman–Crippen LogP) is 2.68. The zero-order chi connectivity index (χ0) is 11.5. The van der Waals surface area contributed by atoms with Gasteiger partial charge in [-0.15, -0.1) is 0 Å². The zero-order valence-corrected chi connectivity index (χ0v) is 10.3. The fraction of sp³-hybridized carbons (Fsp3) is 0.308. The molecule has 0 amide bonds. The van der Waals surface area contributed by atoms with Gasteiger partial charge in [-0.05, 0) is 47.0 Å². The highest BCUT2D eigenvalue weighted by molar-refractivity contribution is 7.08. The summed E-state index contributed by atoms with van der Waals surface area (Å²) >= 11 is 1.71. The number of ether oxygens (including phenoxy) is 1. The van der Waals surface area contributed by atoms with Crippen molar-refractivity contribution in [3.63, 3.8) is 0 Å². The van der Waals surface area contributed by atoms with Gasteiger partial charge in [-0.3, -0.25) is 0 Å². The monoisotopic (exact) mass is 246 g/mol. The first kappa shape index (κ1) is 10.7. The molecular formula is C13H14N2OS. The van der Waals surface area contributed by atoms with Crippen LogP contribution in [0.1, 0.15) is 12.0 Å². The number of pyridine rings is 1. The van der Waals surface area contributed by atoms with Gasteiger partial charge in [-0.25, -0.2) is 4.98 Å². The van der Waals surface area contributed by atoms with Crippen LogP contribution in [0.2, 0.25) is 0 Å². The molecule has 1 aliphatic rings. The second-order valence-corrected chi connectivity index (χ2v) is 4.81. The van der Waals surface area contributed by atoms with Gasteiger partial charge in [0, 0.05) is 18.3 Å². The van der Waals surface area contributed by atoms with Gasteiger partial charge in [-0.1, -0.05) is 0 Å². The number of hydrogen-bond acceptors (Lipinski definition) is 4. The predicted molar refractivity (Wildman–Crippen MR) is 69.4 cm³/mol. The van der Waals surface area contributed by atoms with Crippen LogP contribution in [0, 0.1) is 0 Å². The van der Waals surface area contributed by atoms with Gasteiger partial charge in [0.2, 0.25) is 5.88 Å². The molecule has 0 fully saturated rings. The number of thiophene rings is 1. The van der Waals surface area contributed by atoms with Gasteiger partial charge in [0.25, 0.3) is 0 Å². The molecule has 0 bridgehead atoms. The molecule has 0 saturated heterocycles. The topological polar surface area (TPSA) is 34.1 Å². The zero-order valence-electron chi connectivity index (χ0n) is 9.48. The van der Waals surface area contributed by atoms with E-state index in [0.29, 0.717) is 0 Å². The summed E-state index contributed by atoms with van der Waals surface area (Å²) in [6.07, 6.45) is 2.86. The Labute approximate surface area is 104 Å². The van der Waals surface area contributed by atoms with E-state index < -0.39 is 0 Å². The second-order valence-electron chi connectivity index (χ2n) is 4.03. The van der Waals surface area contributed by atoms with Crippen LogP contribution in [0.3, 0.4) is 0 Å². The van der Waals surface area contributed by atoms with Crippen LogP contribution in [0.15, 0.2) is 29.1 Å². The van der Waals surface area contributed by atoms with Crippen molar-refractivity contribution in [3.05, 3.63) is 34.7 Å². The lowest BCUT2D eigenvalue weighted by Gasteiger charge is -2.17. The van der Waals surface area contributed by atoms with Crippen LogP contribution in [-0.4, -0.2) is 18.1 Å². The van der Waals surface area contributed by atoms with Crippen molar-refractivity contribution in [1.29, 1.82) is 0 Å². The van der Waals surface area contributed by atoms with Crippen LogP contribution in [0.4, 0.5) is 0 Å². The molecular weight excluding hydrogens is 232 g/mol. The minimum absolute atomic E-state index is 0.736. The minimum atomic E-state index is 0.736. The van der Waals surface area contributed by atoms with E-state index in [9.17, 15) is 0 Å². The van der Waals surface area contributed by atoms with Gasteiger partial charge >= 0.3 is 0 Å². The molecule has 0 radical (unpaired) electrons. The van der Waals surface area contributed by atoms with E-state index >= 15 is 0 Å². The highest BCUT2D eigenvalue weighted by atomic mass is 32.1. The molecule has 0 unspecified atom stereocenters. The Bertz CT molecular complexity index is 496. The molecule has 3 heterocycles. The fourth-order valence-corrected chi connectivity index (χ4v) is 2.69. The molecule has 0 atom stereocenters.